The van der Waals surface area contributed by atoms with Crippen LogP contribution in [0.4, 0.5) is 0 Å². The van der Waals surface area contributed by atoms with Crippen LogP contribution in [-0.4, -0.2) is 33.0 Å². The van der Waals surface area contributed by atoms with Gasteiger partial charge in [-0.05, 0) is 18.1 Å². The lowest BCUT2D eigenvalue weighted by Crippen LogP contribution is -2.33. The smallest absolute Gasteiger partial charge is 0.345 e. The van der Waals surface area contributed by atoms with Gasteiger partial charge in [-0.2, -0.15) is 15.0 Å². The van der Waals surface area contributed by atoms with Crippen LogP contribution in [0.25, 0.3) is 11.3 Å². The van der Waals surface area contributed by atoms with Gasteiger partial charge in [0.05, 0.1) is 16.1 Å². The first-order chi connectivity index (χ1) is 14.2. The minimum Gasteiger partial charge on any atom is -0.436 e. The van der Waals surface area contributed by atoms with Gasteiger partial charge in [0.1, 0.15) is 13.1 Å². The fourth-order valence-corrected chi connectivity index (χ4v) is 3.31. The largest absolute Gasteiger partial charge is 0.436 e. The Morgan fingerprint density at radius 1 is 1.27 bits per heavy atom. The van der Waals surface area contributed by atoms with Crippen molar-refractivity contribution in [1.82, 2.24) is 14.8 Å². The third-order valence-corrected chi connectivity index (χ3v) is 4.75. The summed E-state index contributed by atoms with van der Waals surface area (Å²) in [5, 5.41) is 12.8. The SMILES string of the molecule is CC(C)C1=CC(Oc2c(Cl)cc(-c3nn(CC#N)c(=O)[nH]c3=O)cc2Cl)=NCC1=O. The van der Waals surface area contributed by atoms with E-state index in [1.54, 1.807) is 12.1 Å². The maximum atomic E-state index is 12.2. The summed E-state index contributed by atoms with van der Waals surface area (Å²) < 4.78 is 6.52. The van der Waals surface area contributed by atoms with Crippen molar-refractivity contribution >= 4 is 34.9 Å². The summed E-state index contributed by atoms with van der Waals surface area (Å²) in [5.41, 5.74) is -0.888. The molecule has 0 saturated heterocycles. The number of Topliss-reactive ketones (excluding diaryl/α,β-unsaturated/α-hetero) is 1. The number of aromatic amines is 1. The molecule has 30 heavy (non-hydrogen) atoms. The summed E-state index contributed by atoms with van der Waals surface area (Å²) >= 11 is 12.6. The van der Waals surface area contributed by atoms with Crippen molar-refractivity contribution in [3.05, 3.63) is 54.7 Å². The van der Waals surface area contributed by atoms with Gasteiger partial charge in [0, 0.05) is 17.2 Å². The number of benzene rings is 1. The highest BCUT2D eigenvalue weighted by Crippen LogP contribution is 2.37. The van der Waals surface area contributed by atoms with E-state index >= 15 is 0 Å². The molecule has 0 radical (unpaired) electrons. The van der Waals surface area contributed by atoms with Gasteiger partial charge in [0.25, 0.3) is 5.56 Å². The van der Waals surface area contributed by atoms with Gasteiger partial charge < -0.3 is 4.74 Å². The molecule has 2 heterocycles. The molecule has 0 fully saturated rings. The Labute approximate surface area is 180 Å². The Morgan fingerprint density at radius 3 is 2.53 bits per heavy atom. The first-order valence-electron chi connectivity index (χ1n) is 8.76. The minimum atomic E-state index is -0.806. The number of aromatic nitrogens is 3. The molecule has 0 atom stereocenters. The van der Waals surface area contributed by atoms with Crippen LogP contribution >= 0.6 is 23.2 Å². The van der Waals surface area contributed by atoms with Crippen molar-refractivity contribution in [2.24, 2.45) is 10.9 Å². The zero-order valence-corrected chi connectivity index (χ0v) is 17.4. The highest BCUT2D eigenvalue weighted by atomic mass is 35.5. The van der Waals surface area contributed by atoms with Crippen LogP contribution in [-0.2, 0) is 11.3 Å². The average molecular weight is 448 g/mol. The van der Waals surface area contributed by atoms with E-state index < -0.39 is 11.2 Å². The zero-order valence-electron chi connectivity index (χ0n) is 15.9. The Bertz CT molecular complexity index is 1230. The minimum absolute atomic E-state index is 0.00168. The quantitative estimate of drug-likeness (QED) is 0.765. The normalized spacial score (nSPS) is 13.7. The Balaban J connectivity index is 1.99. The number of hydrogen-bond acceptors (Lipinski definition) is 7. The summed E-state index contributed by atoms with van der Waals surface area (Å²) in [6.45, 7) is 3.40. The first kappa shape index (κ1) is 21.5. The molecule has 0 aliphatic carbocycles. The number of halogens is 2. The molecule has 2 aromatic rings. The van der Waals surface area contributed by atoms with Gasteiger partial charge >= 0.3 is 5.69 Å². The second-order valence-electron chi connectivity index (χ2n) is 6.63. The predicted octanol–water partition coefficient (Wildman–Crippen LogP) is 2.37. The van der Waals surface area contributed by atoms with Crippen molar-refractivity contribution in [2.45, 2.75) is 20.4 Å². The van der Waals surface area contributed by atoms with Crippen LogP contribution in [0, 0.1) is 17.2 Å². The number of aliphatic imine (C=N–C) groups is 1. The van der Waals surface area contributed by atoms with Gasteiger partial charge in [-0.3, -0.25) is 14.6 Å². The van der Waals surface area contributed by atoms with Crippen LogP contribution in [0.5, 0.6) is 5.75 Å². The number of dihydropyridines is 1. The maximum absolute atomic E-state index is 12.2. The third kappa shape index (κ3) is 4.35. The van der Waals surface area contributed by atoms with Crippen molar-refractivity contribution in [3.63, 3.8) is 0 Å². The zero-order chi connectivity index (χ0) is 22.0. The van der Waals surface area contributed by atoms with Crippen LogP contribution in [0.1, 0.15) is 13.8 Å². The summed E-state index contributed by atoms with van der Waals surface area (Å²) in [6.07, 6.45) is 1.54. The maximum Gasteiger partial charge on any atom is 0.345 e. The van der Waals surface area contributed by atoms with E-state index in [0.29, 0.717) is 5.57 Å². The lowest BCUT2D eigenvalue weighted by molar-refractivity contribution is -0.114. The fraction of sp³-hybridized carbons (Fsp3) is 0.263. The molecule has 11 heteroatoms. The lowest BCUT2D eigenvalue weighted by Gasteiger charge is -2.17. The number of ketones is 1. The standard InChI is InChI=1S/C19H15Cl2N5O4/c1-9(2)11-7-15(23-8-14(11)27)30-17-12(20)5-10(6-13(17)21)16-18(28)24-19(29)26(25-16)4-3-22/h5-7,9H,4,8H2,1-2H3,(H,24,28,29). The van der Waals surface area contributed by atoms with Gasteiger partial charge in [0.15, 0.2) is 17.2 Å². The molecular formula is C19H15Cl2N5O4. The van der Waals surface area contributed by atoms with Crippen LogP contribution in [0.3, 0.4) is 0 Å². The van der Waals surface area contributed by atoms with E-state index in [0.717, 1.165) is 4.68 Å². The van der Waals surface area contributed by atoms with Crippen LogP contribution < -0.4 is 16.0 Å². The molecule has 1 aliphatic rings. The van der Waals surface area contributed by atoms with E-state index in [4.69, 9.17) is 33.2 Å². The molecule has 9 nitrogen and oxygen atoms in total. The van der Waals surface area contributed by atoms with Crippen molar-refractivity contribution in [1.29, 1.82) is 5.26 Å². The highest BCUT2D eigenvalue weighted by Gasteiger charge is 2.21. The molecule has 3 rings (SSSR count). The molecule has 0 spiro atoms. The predicted molar refractivity (Wildman–Crippen MR) is 111 cm³/mol. The number of rotatable bonds is 4. The van der Waals surface area contributed by atoms with Crippen molar-refractivity contribution in [2.75, 3.05) is 6.54 Å². The summed E-state index contributed by atoms with van der Waals surface area (Å²) in [4.78, 5) is 42.0. The number of carbonyl (C=O) groups is 1. The third-order valence-electron chi connectivity index (χ3n) is 4.19. The summed E-state index contributed by atoms with van der Waals surface area (Å²) in [5.74, 6) is 0.203. The van der Waals surface area contributed by atoms with E-state index in [2.05, 4.69) is 15.1 Å². The molecule has 0 amide bonds. The summed E-state index contributed by atoms with van der Waals surface area (Å²) in [6, 6.07) is 4.56. The molecule has 1 N–H and O–H groups in total. The average Bonchev–Trinajstić information content (AvgIpc) is 2.67. The topological polar surface area (TPSA) is 130 Å². The van der Waals surface area contributed by atoms with Gasteiger partial charge in [-0.25, -0.2) is 9.79 Å². The van der Waals surface area contributed by atoms with Gasteiger partial charge in [-0.15, -0.1) is 0 Å². The second kappa shape index (κ2) is 8.65. The second-order valence-corrected chi connectivity index (χ2v) is 7.44. The van der Waals surface area contributed by atoms with E-state index in [1.807, 2.05) is 13.8 Å². The van der Waals surface area contributed by atoms with Crippen molar-refractivity contribution in [3.8, 4) is 23.1 Å². The number of carbonyl (C=O) groups excluding carboxylic acids is 1. The number of nitrogens with zero attached hydrogens (tertiary/aromatic N) is 4. The first-order valence-corrected chi connectivity index (χ1v) is 9.51. The molecule has 0 unspecified atom stereocenters. The van der Waals surface area contributed by atoms with E-state index in [1.165, 1.54) is 12.1 Å². The highest BCUT2D eigenvalue weighted by molar-refractivity contribution is 6.38. The number of ether oxygens (including phenoxy) is 1. The molecule has 0 bridgehead atoms. The fourth-order valence-electron chi connectivity index (χ4n) is 2.74. The molecule has 1 aliphatic heterocycles. The molecule has 0 saturated carbocycles. The number of hydrogen-bond donors (Lipinski definition) is 1. The van der Waals surface area contributed by atoms with Crippen molar-refractivity contribution < 1.29 is 9.53 Å². The Morgan fingerprint density at radius 2 is 1.93 bits per heavy atom. The van der Waals surface area contributed by atoms with Crippen LogP contribution in [0.2, 0.25) is 10.0 Å². The van der Waals surface area contributed by atoms with E-state index in [-0.39, 0.29) is 57.7 Å². The molecular weight excluding hydrogens is 433 g/mol. The number of nitrogens with one attached hydrogen (secondary N) is 1. The van der Waals surface area contributed by atoms with E-state index in [9.17, 15) is 14.4 Å². The molecule has 1 aromatic heterocycles. The van der Waals surface area contributed by atoms with Gasteiger partial charge in [-0.1, -0.05) is 37.0 Å². The van der Waals surface area contributed by atoms with Gasteiger partial charge in [0.2, 0.25) is 5.90 Å². The summed E-state index contributed by atoms with van der Waals surface area (Å²) in [7, 11) is 0. The van der Waals surface area contributed by atoms with Crippen LogP contribution in [0.15, 0.2) is 38.4 Å². The Hall–Kier alpha value is -3.22. The molecule has 154 valence electrons. The number of H-pyrrole nitrogens is 1. The Kier molecular flexibility index (Phi) is 6.20. The molecule has 1 aromatic carbocycles. The number of nitriles is 1. The lowest BCUT2D eigenvalue weighted by atomic mass is 9.97. The monoisotopic (exact) mass is 447 g/mol.